The second kappa shape index (κ2) is 11.7. The molecule has 2 N–H and O–H groups in total. The second-order valence-corrected chi connectivity index (χ2v) is 7.71. The van der Waals surface area contributed by atoms with Crippen molar-refractivity contribution in [3.8, 4) is 0 Å². The third-order valence-corrected chi connectivity index (χ3v) is 4.76. The smallest absolute Gasteiger partial charge is 0.408 e. The van der Waals surface area contributed by atoms with E-state index in [0.29, 0.717) is 0 Å². The van der Waals surface area contributed by atoms with Gasteiger partial charge in [0.1, 0.15) is 18.7 Å². The lowest BCUT2D eigenvalue weighted by Crippen LogP contribution is -2.54. The van der Waals surface area contributed by atoms with E-state index < -0.39 is 30.1 Å². The summed E-state index contributed by atoms with van der Waals surface area (Å²) < 4.78 is 10.1. The highest BCUT2D eigenvalue weighted by molar-refractivity contribution is 5.90. The van der Waals surface area contributed by atoms with Gasteiger partial charge >= 0.3 is 12.1 Å². The van der Waals surface area contributed by atoms with Crippen molar-refractivity contribution in [2.45, 2.75) is 45.9 Å². The summed E-state index contributed by atoms with van der Waals surface area (Å²) >= 11 is 0. The van der Waals surface area contributed by atoms with Gasteiger partial charge in [0.05, 0.1) is 7.11 Å². The van der Waals surface area contributed by atoms with Crippen LogP contribution in [0.15, 0.2) is 54.6 Å². The maximum atomic E-state index is 12.9. The Bertz CT molecular complexity index is 883. The van der Waals surface area contributed by atoms with Gasteiger partial charge in [0.2, 0.25) is 5.91 Å². The molecule has 0 aliphatic rings. The molecular weight excluding hydrogens is 396 g/mol. The Balaban J connectivity index is 2.02. The predicted molar refractivity (Wildman–Crippen MR) is 117 cm³/mol. The van der Waals surface area contributed by atoms with Crippen molar-refractivity contribution in [3.63, 3.8) is 0 Å². The van der Waals surface area contributed by atoms with Crippen molar-refractivity contribution in [2.75, 3.05) is 7.11 Å². The molecule has 2 rings (SSSR count). The maximum Gasteiger partial charge on any atom is 0.408 e. The normalized spacial score (nSPS) is 12.5. The summed E-state index contributed by atoms with van der Waals surface area (Å²) in [5.74, 6) is -1.25. The first kappa shape index (κ1) is 23.9. The van der Waals surface area contributed by atoms with Gasteiger partial charge in [0.15, 0.2) is 0 Å². The lowest BCUT2D eigenvalue weighted by atomic mass is 10.0. The molecule has 0 fully saturated rings. The van der Waals surface area contributed by atoms with E-state index in [0.717, 1.165) is 16.7 Å². The maximum absolute atomic E-state index is 12.9. The van der Waals surface area contributed by atoms with Crippen LogP contribution in [0.25, 0.3) is 0 Å². The molecule has 0 heterocycles. The molecule has 2 aromatic rings. The fourth-order valence-electron chi connectivity index (χ4n) is 3.10. The highest BCUT2D eigenvalue weighted by Crippen LogP contribution is 2.10. The monoisotopic (exact) mass is 426 g/mol. The van der Waals surface area contributed by atoms with Gasteiger partial charge in [0, 0.05) is 6.42 Å². The molecule has 2 aromatic carbocycles. The average Bonchev–Trinajstić information content (AvgIpc) is 2.75. The molecule has 0 saturated carbocycles. The Morgan fingerprint density at radius 2 is 1.61 bits per heavy atom. The molecule has 0 unspecified atom stereocenters. The summed E-state index contributed by atoms with van der Waals surface area (Å²) in [7, 11) is 1.27. The van der Waals surface area contributed by atoms with Crippen LogP contribution in [0.5, 0.6) is 0 Å². The molecule has 0 aromatic heterocycles. The van der Waals surface area contributed by atoms with Crippen LogP contribution in [0.1, 0.15) is 30.5 Å². The Morgan fingerprint density at radius 3 is 2.23 bits per heavy atom. The first-order valence-electron chi connectivity index (χ1n) is 10.2. The zero-order valence-corrected chi connectivity index (χ0v) is 18.4. The minimum Gasteiger partial charge on any atom is -0.467 e. The van der Waals surface area contributed by atoms with Gasteiger partial charge in [-0.1, -0.05) is 74.0 Å². The predicted octanol–water partition coefficient (Wildman–Crippen LogP) is 3.15. The SMILES string of the molecule is COC(=O)[C@@H](Cc1cccc(C)c1)NC(=O)[C@H](NC(=O)OCc1ccccc1)C(C)C. The molecule has 0 radical (unpaired) electrons. The molecule has 7 nitrogen and oxygen atoms in total. The van der Waals surface area contributed by atoms with Crippen molar-refractivity contribution in [3.05, 3.63) is 71.3 Å². The number of amides is 2. The number of nitrogens with one attached hydrogen (secondary N) is 2. The topological polar surface area (TPSA) is 93.7 Å². The highest BCUT2D eigenvalue weighted by atomic mass is 16.5. The summed E-state index contributed by atoms with van der Waals surface area (Å²) in [4.78, 5) is 37.4. The lowest BCUT2D eigenvalue weighted by molar-refractivity contribution is -0.145. The van der Waals surface area contributed by atoms with Gasteiger partial charge in [-0.25, -0.2) is 9.59 Å². The summed E-state index contributed by atoms with van der Waals surface area (Å²) in [5, 5.41) is 5.31. The number of aryl methyl sites for hydroxylation is 1. The van der Waals surface area contributed by atoms with E-state index >= 15 is 0 Å². The van der Waals surface area contributed by atoms with Gasteiger partial charge in [-0.3, -0.25) is 4.79 Å². The fourth-order valence-corrected chi connectivity index (χ4v) is 3.10. The largest absolute Gasteiger partial charge is 0.467 e. The van der Waals surface area contributed by atoms with Crippen molar-refractivity contribution < 1.29 is 23.9 Å². The van der Waals surface area contributed by atoms with Crippen LogP contribution in [-0.4, -0.2) is 37.2 Å². The van der Waals surface area contributed by atoms with Crippen LogP contribution in [0.2, 0.25) is 0 Å². The van der Waals surface area contributed by atoms with Gasteiger partial charge in [0.25, 0.3) is 0 Å². The van der Waals surface area contributed by atoms with Crippen LogP contribution >= 0.6 is 0 Å². The zero-order valence-electron chi connectivity index (χ0n) is 18.4. The number of hydrogen-bond donors (Lipinski definition) is 2. The Labute approximate surface area is 183 Å². The van der Waals surface area contributed by atoms with Crippen LogP contribution in [-0.2, 0) is 32.1 Å². The molecule has 0 aliphatic heterocycles. The average molecular weight is 427 g/mol. The van der Waals surface area contributed by atoms with Gasteiger partial charge < -0.3 is 20.1 Å². The van der Waals surface area contributed by atoms with E-state index in [4.69, 9.17) is 9.47 Å². The second-order valence-electron chi connectivity index (χ2n) is 7.71. The number of carbonyl (C=O) groups is 3. The van der Waals surface area contributed by atoms with Gasteiger partial charge in [-0.2, -0.15) is 0 Å². The zero-order chi connectivity index (χ0) is 22.8. The first-order chi connectivity index (χ1) is 14.8. The number of rotatable bonds is 9. The van der Waals surface area contributed by atoms with Crippen LogP contribution in [0.4, 0.5) is 4.79 Å². The summed E-state index contributed by atoms with van der Waals surface area (Å²) in [5.41, 5.74) is 2.79. The van der Waals surface area contributed by atoms with Gasteiger partial charge in [-0.15, -0.1) is 0 Å². The van der Waals surface area contributed by atoms with E-state index in [9.17, 15) is 14.4 Å². The number of benzene rings is 2. The Morgan fingerprint density at radius 1 is 0.935 bits per heavy atom. The molecule has 0 bridgehead atoms. The Hall–Kier alpha value is -3.35. The summed E-state index contributed by atoms with van der Waals surface area (Å²) in [6.45, 7) is 5.65. The van der Waals surface area contributed by atoms with Crippen molar-refractivity contribution in [2.24, 2.45) is 5.92 Å². The quantitative estimate of drug-likeness (QED) is 0.601. The van der Waals surface area contributed by atoms with E-state index in [1.54, 1.807) is 13.8 Å². The summed E-state index contributed by atoms with van der Waals surface area (Å²) in [6, 6.07) is 15.2. The third-order valence-electron chi connectivity index (χ3n) is 4.76. The minimum absolute atomic E-state index is 0.0945. The van der Waals surface area contributed by atoms with Gasteiger partial charge in [-0.05, 0) is 24.0 Å². The highest BCUT2D eigenvalue weighted by Gasteiger charge is 2.29. The van der Waals surface area contributed by atoms with Crippen molar-refractivity contribution in [1.29, 1.82) is 0 Å². The number of methoxy groups -OCH3 is 1. The molecule has 31 heavy (non-hydrogen) atoms. The van der Waals surface area contributed by atoms with E-state index in [1.807, 2.05) is 61.5 Å². The van der Waals surface area contributed by atoms with E-state index in [-0.39, 0.29) is 18.9 Å². The molecule has 7 heteroatoms. The number of alkyl carbamates (subject to hydrolysis) is 1. The van der Waals surface area contributed by atoms with Crippen LogP contribution in [0.3, 0.4) is 0 Å². The molecule has 0 saturated heterocycles. The van der Waals surface area contributed by atoms with Crippen LogP contribution < -0.4 is 10.6 Å². The molecule has 0 spiro atoms. The number of carbonyl (C=O) groups excluding carboxylic acids is 3. The molecule has 0 aliphatic carbocycles. The molecular formula is C24H30N2O5. The van der Waals surface area contributed by atoms with Crippen molar-refractivity contribution >= 4 is 18.0 Å². The minimum atomic E-state index is -0.873. The molecule has 166 valence electrons. The van der Waals surface area contributed by atoms with E-state index in [1.165, 1.54) is 7.11 Å². The summed E-state index contributed by atoms with van der Waals surface area (Å²) in [6.07, 6.45) is -0.422. The van der Waals surface area contributed by atoms with Crippen molar-refractivity contribution in [1.82, 2.24) is 10.6 Å². The van der Waals surface area contributed by atoms with E-state index in [2.05, 4.69) is 10.6 Å². The standard InChI is InChI=1S/C24H30N2O5/c1-16(2)21(26-24(29)31-15-18-10-6-5-7-11-18)22(27)25-20(23(28)30-4)14-19-12-8-9-17(3)13-19/h5-13,16,20-21H,14-15H2,1-4H3,(H,25,27)(H,26,29)/t20-,21-/m1/s1. The fraction of sp³-hybridized carbons (Fsp3) is 0.375. The number of ether oxygens (including phenoxy) is 2. The Kier molecular flexibility index (Phi) is 9.06. The number of esters is 1. The van der Waals surface area contributed by atoms with Crippen LogP contribution in [0, 0.1) is 12.8 Å². The number of hydrogen-bond acceptors (Lipinski definition) is 5. The lowest BCUT2D eigenvalue weighted by Gasteiger charge is -2.24. The molecule has 2 amide bonds. The third kappa shape index (κ3) is 7.77. The first-order valence-corrected chi connectivity index (χ1v) is 10.2. The molecule has 2 atom stereocenters.